The van der Waals surface area contributed by atoms with Crippen molar-refractivity contribution in [2.75, 3.05) is 32.7 Å². The first-order valence-corrected chi connectivity index (χ1v) is 6.62. The molecule has 1 fully saturated rings. The third kappa shape index (κ3) is 2.25. The van der Waals surface area contributed by atoms with Crippen molar-refractivity contribution in [2.45, 2.75) is 5.92 Å². The number of halogens is 1. The Morgan fingerprint density at radius 2 is 2.12 bits per heavy atom. The molecule has 3 heteroatoms. The number of benzene rings is 1. The van der Waals surface area contributed by atoms with Crippen molar-refractivity contribution in [1.82, 2.24) is 10.2 Å². The van der Waals surface area contributed by atoms with Gasteiger partial charge in [-0.15, -0.1) is 0 Å². The first-order valence-electron chi connectivity index (χ1n) is 6.24. The van der Waals surface area contributed by atoms with Crippen molar-refractivity contribution < 1.29 is 0 Å². The molecule has 0 aromatic heterocycles. The number of hydrogen-bond acceptors (Lipinski definition) is 2. The van der Waals surface area contributed by atoms with Crippen molar-refractivity contribution in [1.29, 1.82) is 0 Å². The number of nitrogens with one attached hydrogen (secondary N) is 1. The van der Waals surface area contributed by atoms with E-state index in [0.29, 0.717) is 5.92 Å². The summed E-state index contributed by atoms with van der Waals surface area (Å²) in [5.74, 6) is 0.469. The smallest absolute Gasteiger partial charge is 0.0450 e. The van der Waals surface area contributed by atoms with Crippen LogP contribution in [0.1, 0.15) is 17.0 Å². The average molecular weight is 249 g/mol. The molecule has 1 unspecified atom stereocenters. The molecule has 1 aliphatic heterocycles. The molecule has 1 aromatic rings. The highest BCUT2D eigenvalue weighted by Gasteiger charge is 2.23. The van der Waals surface area contributed by atoms with Crippen LogP contribution in [0.4, 0.5) is 0 Å². The molecule has 1 saturated heterocycles. The number of nitrogens with zero attached hydrogens (tertiary/aromatic N) is 1. The third-order valence-electron chi connectivity index (χ3n) is 3.63. The Bertz CT molecular complexity index is 436. The van der Waals surface area contributed by atoms with E-state index < -0.39 is 0 Å². The molecule has 0 bridgehead atoms. The number of fused-ring (bicyclic) bond motifs is 1. The molecular formula is C14H17ClN2. The fraction of sp³-hybridized carbons (Fsp3) is 0.429. The van der Waals surface area contributed by atoms with Crippen LogP contribution in [0.2, 0.25) is 5.02 Å². The lowest BCUT2D eigenvalue weighted by atomic mass is 10.00. The Balaban J connectivity index is 1.76. The van der Waals surface area contributed by atoms with Gasteiger partial charge >= 0.3 is 0 Å². The highest BCUT2D eigenvalue weighted by molar-refractivity contribution is 6.31. The van der Waals surface area contributed by atoms with Crippen LogP contribution in [0.3, 0.4) is 0 Å². The van der Waals surface area contributed by atoms with E-state index >= 15 is 0 Å². The fourth-order valence-corrected chi connectivity index (χ4v) is 3.05. The van der Waals surface area contributed by atoms with Crippen molar-refractivity contribution in [2.24, 2.45) is 0 Å². The summed E-state index contributed by atoms with van der Waals surface area (Å²) < 4.78 is 0. The third-order valence-corrected chi connectivity index (χ3v) is 3.96. The quantitative estimate of drug-likeness (QED) is 0.865. The molecule has 2 aliphatic rings. The van der Waals surface area contributed by atoms with Gasteiger partial charge in [0.1, 0.15) is 0 Å². The van der Waals surface area contributed by atoms with Gasteiger partial charge in [0.2, 0.25) is 0 Å². The van der Waals surface area contributed by atoms with Crippen molar-refractivity contribution in [3.63, 3.8) is 0 Å². The van der Waals surface area contributed by atoms with Crippen LogP contribution in [0.15, 0.2) is 24.3 Å². The minimum absolute atomic E-state index is 0.469. The summed E-state index contributed by atoms with van der Waals surface area (Å²) in [7, 11) is 0. The van der Waals surface area contributed by atoms with Gasteiger partial charge in [-0.1, -0.05) is 35.9 Å². The van der Waals surface area contributed by atoms with E-state index in [1.165, 1.54) is 11.1 Å². The second-order valence-electron chi connectivity index (χ2n) is 4.76. The minimum Gasteiger partial charge on any atom is -0.314 e. The predicted octanol–water partition coefficient (Wildman–Crippen LogP) is 2.36. The maximum Gasteiger partial charge on any atom is 0.0450 e. The van der Waals surface area contributed by atoms with E-state index in [2.05, 4.69) is 28.4 Å². The zero-order valence-corrected chi connectivity index (χ0v) is 10.6. The van der Waals surface area contributed by atoms with Crippen molar-refractivity contribution in [3.05, 3.63) is 40.4 Å². The van der Waals surface area contributed by atoms with E-state index in [0.717, 1.165) is 37.7 Å². The minimum atomic E-state index is 0.469. The molecule has 1 N–H and O–H groups in total. The normalized spacial score (nSPS) is 23.9. The van der Waals surface area contributed by atoms with Gasteiger partial charge in [0.05, 0.1) is 0 Å². The van der Waals surface area contributed by atoms with E-state index in [1.807, 2.05) is 12.1 Å². The van der Waals surface area contributed by atoms with Crippen molar-refractivity contribution in [3.8, 4) is 0 Å². The van der Waals surface area contributed by atoms with Crippen LogP contribution in [0.25, 0.3) is 6.08 Å². The van der Waals surface area contributed by atoms with Gasteiger partial charge < -0.3 is 5.32 Å². The standard InChI is InChI=1S/C14H17ClN2/c15-13-3-1-2-11-4-5-12(14(11)13)10-17-8-6-16-7-9-17/h1-5,12,16H,6-10H2. The van der Waals surface area contributed by atoms with Gasteiger partial charge in [-0.05, 0) is 17.2 Å². The largest absolute Gasteiger partial charge is 0.314 e. The molecule has 17 heavy (non-hydrogen) atoms. The molecule has 1 aromatic carbocycles. The molecule has 0 amide bonds. The Hall–Kier alpha value is -0.830. The van der Waals surface area contributed by atoms with Crippen LogP contribution in [0.5, 0.6) is 0 Å². The summed E-state index contributed by atoms with van der Waals surface area (Å²) in [6.07, 6.45) is 4.49. The van der Waals surface area contributed by atoms with Crippen LogP contribution in [-0.4, -0.2) is 37.6 Å². The second kappa shape index (κ2) is 4.81. The molecule has 0 saturated carbocycles. The lowest BCUT2D eigenvalue weighted by Gasteiger charge is -2.29. The molecule has 2 nitrogen and oxygen atoms in total. The van der Waals surface area contributed by atoms with Gasteiger partial charge in [-0.3, -0.25) is 4.90 Å². The zero-order chi connectivity index (χ0) is 11.7. The van der Waals surface area contributed by atoms with Crippen LogP contribution in [-0.2, 0) is 0 Å². The highest BCUT2D eigenvalue weighted by atomic mass is 35.5. The molecule has 0 radical (unpaired) electrons. The molecule has 90 valence electrons. The van der Waals surface area contributed by atoms with Gasteiger partial charge in [0, 0.05) is 43.7 Å². The molecule has 1 aliphatic carbocycles. The summed E-state index contributed by atoms with van der Waals surface area (Å²) in [4.78, 5) is 2.52. The molecule has 3 rings (SSSR count). The van der Waals surface area contributed by atoms with Crippen LogP contribution in [0, 0.1) is 0 Å². The van der Waals surface area contributed by atoms with E-state index in [-0.39, 0.29) is 0 Å². The number of hydrogen-bond donors (Lipinski definition) is 1. The molecule has 1 atom stereocenters. The van der Waals surface area contributed by atoms with E-state index in [1.54, 1.807) is 0 Å². The van der Waals surface area contributed by atoms with E-state index in [4.69, 9.17) is 11.6 Å². The topological polar surface area (TPSA) is 15.3 Å². The lowest BCUT2D eigenvalue weighted by Crippen LogP contribution is -2.44. The number of rotatable bonds is 2. The summed E-state index contributed by atoms with van der Waals surface area (Å²) >= 11 is 6.31. The Morgan fingerprint density at radius 1 is 1.29 bits per heavy atom. The van der Waals surface area contributed by atoms with E-state index in [9.17, 15) is 0 Å². The van der Waals surface area contributed by atoms with Gasteiger partial charge in [-0.2, -0.15) is 0 Å². The summed E-state index contributed by atoms with van der Waals surface area (Å²) in [6.45, 7) is 5.58. The second-order valence-corrected chi connectivity index (χ2v) is 5.17. The maximum atomic E-state index is 6.31. The average Bonchev–Trinajstić information content (AvgIpc) is 2.75. The molecular weight excluding hydrogens is 232 g/mol. The predicted molar refractivity (Wildman–Crippen MR) is 72.5 cm³/mol. The first kappa shape index (κ1) is 11.3. The summed E-state index contributed by atoms with van der Waals surface area (Å²) in [6, 6.07) is 6.17. The molecule has 1 heterocycles. The van der Waals surface area contributed by atoms with Crippen LogP contribution >= 0.6 is 11.6 Å². The SMILES string of the molecule is Clc1cccc2c1C(CN1CCNCC1)C=C2. The fourth-order valence-electron chi connectivity index (χ4n) is 2.73. The Kier molecular flexibility index (Phi) is 3.19. The zero-order valence-electron chi connectivity index (χ0n) is 9.82. The highest BCUT2D eigenvalue weighted by Crippen LogP contribution is 2.35. The van der Waals surface area contributed by atoms with Gasteiger partial charge in [0.15, 0.2) is 0 Å². The van der Waals surface area contributed by atoms with Gasteiger partial charge in [0.25, 0.3) is 0 Å². The molecule has 0 spiro atoms. The Morgan fingerprint density at radius 3 is 2.94 bits per heavy atom. The summed E-state index contributed by atoms with van der Waals surface area (Å²) in [5.41, 5.74) is 2.60. The van der Waals surface area contributed by atoms with Crippen molar-refractivity contribution >= 4 is 17.7 Å². The maximum absolute atomic E-state index is 6.31. The number of piperazine rings is 1. The van der Waals surface area contributed by atoms with Crippen LogP contribution < -0.4 is 5.32 Å². The first-order chi connectivity index (χ1) is 8.34. The monoisotopic (exact) mass is 248 g/mol. The van der Waals surface area contributed by atoms with Gasteiger partial charge in [-0.25, -0.2) is 0 Å². The lowest BCUT2D eigenvalue weighted by molar-refractivity contribution is 0.236. The summed E-state index contributed by atoms with van der Waals surface area (Å²) in [5, 5.41) is 4.29. The Labute approximate surface area is 107 Å².